The van der Waals surface area contributed by atoms with Crippen LogP contribution < -0.4 is 10.1 Å². The van der Waals surface area contributed by atoms with Crippen LogP contribution in [0.15, 0.2) is 16.6 Å². The van der Waals surface area contributed by atoms with Crippen molar-refractivity contribution in [3.63, 3.8) is 0 Å². The first-order chi connectivity index (χ1) is 9.19. The Morgan fingerprint density at radius 2 is 1.90 bits per heavy atom. The average molecular weight is 343 g/mol. The molecule has 1 N–H and O–H groups in total. The van der Waals surface area contributed by atoms with E-state index in [1.165, 1.54) is 11.1 Å². The van der Waals surface area contributed by atoms with Crippen LogP contribution in [0.4, 0.5) is 0 Å². The number of aryl methyl sites for hydroxylation is 1. The van der Waals surface area contributed by atoms with Gasteiger partial charge in [0.25, 0.3) is 0 Å². The number of nitrogens with one attached hydrogen (secondary N) is 1. The number of ether oxygens (including phenoxy) is 1. The van der Waals surface area contributed by atoms with E-state index in [-0.39, 0.29) is 5.54 Å². The van der Waals surface area contributed by atoms with Gasteiger partial charge in [0.05, 0.1) is 0 Å². The standard InChI is InChI=1S/C16H27BrN2O/c1-12-9-14(17)10-13(11-18-16(2,3)4)15(12)20-8-7-19(5)6/h9-10,18H,7-8,11H2,1-6H3. The van der Waals surface area contributed by atoms with Crippen LogP contribution in [0.5, 0.6) is 5.75 Å². The molecule has 0 aromatic heterocycles. The number of benzene rings is 1. The molecule has 0 amide bonds. The van der Waals surface area contributed by atoms with Gasteiger partial charge in [-0.2, -0.15) is 0 Å². The Kier molecular flexibility index (Phi) is 6.49. The molecule has 0 atom stereocenters. The van der Waals surface area contributed by atoms with Crippen LogP contribution in [0, 0.1) is 6.92 Å². The maximum Gasteiger partial charge on any atom is 0.126 e. The maximum absolute atomic E-state index is 6.00. The summed E-state index contributed by atoms with van der Waals surface area (Å²) in [6, 6.07) is 4.24. The van der Waals surface area contributed by atoms with Gasteiger partial charge in [-0.1, -0.05) is 15.9 Å². The second-order valence-corrected chi connectivity index (χ2v) is 7.38. The Labute approximate surface area is 131 Å². The van der Waals surface area contributed by atoms with Gasteiger partial charge in [-0.3, -0.25) is 0 Å². The maximum atomic E-state index is 6.00. The van der Waals surface area contributed by atoms with E-state index in [0.717, 1.165) is 23.3 Å². The monoisotopic (exact) mass is 342 g/mol. The molecular weight excluding hydrogens is 316 g/mol. The Hall–Kier alpha value is -0.580. The van der Waals surface area contributed by atoms with Crippen molar-refractivity contribution in [1.29, 1.82) is 0 Å². The van der Waals surface area contributed by atoms with Gasteiger partial charge in [0.2, 0.25) is 0 Å². The van der Waals surface area contributed by atoms with E-state index in [1.54, 1.807) is 0 Å². The summed E-state index contributed by atoms with van der Waals surface area (Å²) < 4.78 is 7.09. The highest BCUT2D eigenvalue weighted by atomic mass is 79.9. The molecule has 0 aliphatic rings. The first kappa shape index (κ1) is 17.5. The van der Waals surface area contributed by atoms with Crippen molar-refractivity contribution in [2.45, 2.75) is 39.8 Å². The lowest BCUT2D eigenvalue weighted by atomic mass is 10.1. The van der Waals surface area contributed by atoms with Crippen molar-refractivity contribution in [3.8, 4) is 5.75 Å². The van der Waals surface area contributed by atoms with Crippen molar-refractivity contribution in [1.82, 2.24) is 10.2 Å². The second kappa shape index (κ2) is 7.43. The Bertz CT molecular complexity index is 439. The van der Waals surface area contributed by atoms with Crippen molar-refractivity contribution >= 4 is 15.9 Å². The van der Waals surface area contributed by atoms with Crippen LogP contribution in [-0.4, -0.2) is 37.7 Å². The topological polar surface area (TPSA) is 24.5 Å². The van der Waals surface area contributed by atoms with E-state index < -0.39 is 0 Å². The molecule has 0 aliphatic carbocycles. The Balaban J connectivity index is 2.84. The van der Waals surface area contributed by atoms with E-state index >= 15 is 0 Å². The lowest BCUT2D eigenvalue weighted by Gasteiger charge is -2.23. The normalized spacial score (nSPS) is 12.0. The number of hydrogen-bond acceptors (Lipinski definition) is 3. The molecule has 1 rings (SSSR count). The van der Waals surface area contributed by atoms with Gasteiger partial charge in [0.15, 0.2) is 0 Å². The number of likely N-dealkylation sites (N-methyl/N-ethyl adjacent to an activating group) is 1. The first-order valence-corrected chi connectivity index (χ1v) is 7.80. The summed E-state index contributed by atoms with van der Waals surface area (Å²) in [5, 5.41) is 3.52. The Morgan fingerprint density at radius 1 is 1.25 bits per heavy atom. The zero-order valence-electron chi connectivity index (χ0n) is 13.5. The molecular formula is C16H27BrN2O. The molecule has 0 bridgehead atoms. The zero-order valence-corrected chi connectivity index (χ0v) is 15.1. The highest BCUT2D eigenvalue weighted by Gasteiger charge is 2.13. The molecule has 1 aromatic carbocycles. The first-order valence-electron chi connectivity index (χ1n) is 7.00. The van der Waals surface area contributed by atoms with Crippen LogP contribution in [-0.2, 0) is 6.54 Å². The average Bonchev–Trinajstić information content (AvgIpc) is 2.27. The number of rotatable bonds is 6. The molecule has 1 aromatic rings. The van der Waals surface area contributed by atoms with Crippen molar-refractivity contribution in [3.05, 3.63) is 27.7 Å². The van der Waals surface area contributed by atoms with Crippen LogP contribution >= 0.6 is 15.9 Å². The lowest BCUT2D eigenvalue weighted by molar-refractivity contribution is 0.257. The molecule has 114 valence electrons. The smallest absolute Gasteiger partial charge is 0.126 e. The molecule has 0 radical (unpaired) electrons. The molecule has 3 nitrogen and oxygen atoms in total. The minimum absolute atomic E-state index is 0.0944. The minimum Gasteiger partial charge on any atom is -0.492 e. The molecule has 0 spiro atoms. The van der Waals surface area contributed by atoms with Gasteiger partial charge in [0, 0.05) is 28.7 Å². The summed E-state index contributed by atoms with van der Waals surface area (Å²) in [5.41, 5.74) is 2.46. The highest BCUT2D eigenvalue weighted by molar-refractivity contribution is 9.10. The van der Waals surface area contributed by atoms with Gasteiger partial charge in [-0.25, -0.2) is 0 Å². The largest absolute Gasteiger partial charge is 0.492 e. The van der Waals surface area contributed by atoms with Crippen LogP contribution in [0.3, 0.4) is 0 Å². The molecule has 0 fully saturated rings. The quantitative estimate of drug-likeness (QED) is 0.854. The summed E-state index contributed by atoms with van der Waals surface area (Å²) in [6.45, 7) is 11.0. The lowest BCUT2D eigenvalue weighted by Crippen LogP contribution is -2.35. The molecule has 4 heteroatoms. The molecule has 0 aliphatic heterocycles. The number of nitrogens with zero attached hydrogens (tertiary/aromatic N) is 1. The second-order valence-electron chi connectivity index (χ2n) is 6.47. The third-order valence-electron chi connectivity index (χ3n) is 2.91. The van der Waals surface area contributed by atoms with Crippen LogP contribution in [0.2, 0.25) is 0 Å². The zero-order chi connectivity index (χ0) is 15.3. The number of hydrogen-bond donors (Lipinski definition) is 1. The highest BCUT2D eigenvalue weighted by Crippen LogP contribution is 2.28. The predicted molar refractivity (Wildman–Crippen MR) is 89.5 cm³/mol. The van der Waals surface area contributed by atoms with E-state index in [9.17, 15) is 0 Å². The van der Waals surface area contributed by atoms with Gasteiger partial charge < -0.3 is 15.0 Å². The van der Waals surface area contributed by atoms with Gasteiger partial charge >= 0.3 is 0 Å². The third-order valence-corrected chi connectivity index (χ3v) is 3.37. The molecule has 0 saturated carbocycles. The van der Waals surface area contributed by atoms with Crippen LogP contribution in [0.25, 0.3) is 0 Å². The fraction of sp³-hybridized carbons (Fsp3) is 0.625. The van der Waals surface area contributed by atoms with E-state index in [2.05, 4.69) is 80.1 Å². The van der Waals surface area contributed by atoms with Crippen LogP contribution in [0.1, 0.15) is 31.9 Å². The van der Waals surface area contributed by atoms with Crippen molar-refractivity contribution < 1.29 is 4.74 Å². The summed E-state index contributed by atoms with van der Waals surface area (Å²) in [7, 11) is 4.11. The molecule has 0 saturated heterocycles. The fourth-order valence-electron chi connectivity index (χ4n) is 1.83. The van der Waals surface area contributed by atoms with E-state index in [4.69, 9.17) is 4.74 Å². The van der Waals surface area contributed by atoms with E-state index in [1.807, 2.05) is 0 Å². The minimum atomic E-state index is 0.0944. The third kappa shape index (κ3) is 6.25. The van der Waals surface area contributed by atoms with Gasteiger partial charge in [-0.05, 0) is 59.5 Å². The van der Waals surface area contributed by atoms with Crippen molar-refractivity contribution in [2.24, 2.45) is 0 Å². The van der Waals surface area contributed by atoms with Crippen molar-refractivity contribution in [2.75, 3.05) is 27.2 Å². The SMILES string of the molecule is Cc1cc(Br)cc(CNC(C)(C)C)c1OCCN(C)C. The molecule has 0 unspecified atom stereocenters. The molecule has 0 heterocycles. The van der Waals surface area contributed by atoms with E-state index in [0.29, 0.717) is 6.61 Å². The summed E-state index contributed by atoms with van der Waals surface area (Å²) in [6.07, 6.45) is 0. The summed E-state index contributed by atoms with van der Waals surface area (Å²) >= 11 is 3.57. The number of halogens is 1. The Morgan fingerprint density at radius 3 is 2.45 bits per heavy atom. The molecule has 20 heavy (non-hydrogen) atoms. The summed E-state index contributed by atoms with van der Waals surface area (Å²) in [5.74, 6) is 1.01. The van der Waals surface area contributed by atoms with Gasteiger partial charge in [-0.15, -0.1) is 0 Å². The predicted octanol–water partition coefficient (Wildman–Crippen LogP) is 3.59. The van der Waals surface area contributed by atoms with Gasteiger partial charge in [0.1, 0.15) is 12.4 Å². The fourth-order valence-corrected chi connectivity index (χ4v) is 2.45. The summed E-state index contributed by atoms with van der Waals surface area (Å²) in [4.78, 5) is 2.13.